The van der Waals surface area contributed by atoms with E-state index in [0.29, 0.717) is 12.8 Å². The summed E-state index contributed by atoms with van der Waals surface area (Å²) in [5.74, 6) is -2.39. The molecule has 12 heteroatoms. The van der Waals surface area contributed by atoms with Crippen molar-refractivity contribution in [2.45, 2.75) is 180 Å². The minimum atomic E-state index is -4.74. The summed E-state index contributed by atoms with van der Waals surface area (Å²) >= 11 is 0. The lowest BCUT2D eigenvalue weighted by Gasteiger charge is -2.18. The van der Waals surface area contributed by atoms with Crippen LogP contribution in [0.3, 0.4) is 0 Å². The van der Waals surface area contributed by atoms with Gasteiger partial charge < -0.3 is 25.2 Å². The molecule has 3 unspecified atom stereocenters. The van der Waals surface area contributed by atoms with Gasteiger partial charge >= 0.3 is 19.8 Å². The number of aliphatic hydroxyl groups is 1. The van der Waals surface area contributed by atoms with Crippen LogP contribution in [0.25, 0.3) is 0 Å². The molecular weight excluding hydrogens is 685 g/mol. The number of rotatable bonds is 37. The summed E-state index contributed by atoms with van der Waals surface area (Å²) in [6, 6.07) is -1.54. The number of aliphatic carboxylic acids is 1. The minimum Gasteiger partial charge on any atom is -0.480 e. The van der Waals surface area contributed by atoms with Gasteiger partial charge in [0.1, 0.15) is 12.7 Å². The maximum absolute atomic E-state index is 12.2. The van der Waals surface area contributed by atoms with E-state index in [0.717, 1.165) is 70.6 Å². The van der Waals surface area contributed by atoms with Gasteiger partial charge in [0.15, 0.2) is 6.04 Å². The molecular formula is C40H72NO10P. The van der Waals surface area contributed by atoms with Crippen LogP contribution in [0, 0.1) is 0 Å². The quantitative estimate of drug-likeness (QED) is 0.0207. The van der Waals surface area contributed by atoms with Crippen LogP contribution in [0.15, 0.2) is 36.5 Å². The van der Waals surface area contributed by atoms with Crippen LogP contribution in [0.1, 0.15) is 168 Å². The second-order valence-electron chi connectivity index (χ2n) is 13.5. The Morgan fingerprint density at radius 1 is 0.615 bits per heavy atom. The van der Waals surface area contributed by atoms with Crippen LogP contribution in [0.5, 0.6) is 0 Å². The summed E-state index contributed by atoms with van der Waals surface area (Å²) in [5.41, 5.74) is 0. The van der Waals surface area contributed by atoms with Gasteiger partial charge in [-0.25, -0.2) is 9.36 Å². The molecule has 0 saturated carbocycles. The zero-order valence-electron chi connectivity index (χ0n) is 32.4. The number of carboxylic acid groups (broad SMARTS) is 1. The lowest BCUT2D eigenvalue weighted by Crippen LogP contribution is -2.43. The fourth-order valence-corrected chi connectivity index (χ4v) is 6.03. The van der Waals surface area contributed by atoms with Gasteiger partial charge in [0.25, 0.3) is 0 Å². The van der Waals surface area contributed by atoms with Gasteiger partial charge in [0.2, 0.25) is 5.91 Å². The molecule has 0 radical (unpaired) electrons. The fraction of sp³-hybridized carbons (Fsp3) is 0.775. The number of aliphatic hydroxyl groups excluding tert-OH is 1. The fourth-order valence-electron chi connectivity index (χ4n) is 5.26. The molecule has 52 heavy (non-hydrogen) atoms. The van der Waals surface area contributed by atoms with E-state index in [4.69, 9.17) is 13.8 Å². The maximum Gasteiger partial charge on any atom is 0.472 e. The van der Waals surface area contributed by atoms with E-state index in [-0.39, 0.29) is 12.8 Å². The molecule has 0 rings (SSSR count). The first-order chi connectivity index (χ1) is 25.1. The maximum atomic E-state index is 12.2. The molecule has 0 aliphatic rings. The minimum absolute atomic E-state index is 0.144. The van der Waals surface area contributed by atoms with Crippen molar-refractivity contribution in [3.05, 3.63) is 36.5 Å². The second-order valence-corrected chi connectivity index (χ2v) is 14.9. The van der Waals surface area contributed by atoms with Crippen LogP contribution in [0.4, 0.5) is 0 Å². The Hall–Kier alpha value is -2.30. The van der Waals surface area contributed by atoms with Crippen LogP contribution in [0.2, 0.25) is 0 Å². The average Bonchev–Trinajstić information content (AvgIpc) is 3.11. The molecule has 302 valence electrons. The molecule has 1 amide bonds. The van der Waals surface area contributed by atoms with E-state index in [9.17, 15) is 34.1 Å². The molecule has 0 fully saturated rings. The van der Waals surface area contributed by atoms with E-state index in [1.807, 2.05) is 0 Å². The monoisotopic (exact) mass is 757 g/mol. The number of unbranched alkanes of at least 4 members (excludes halogenated alkanes) is 17. The summed E-state index contributed by atoms with van der Waals surface area (Å²) in [6.45, 7) is 2.47. The third-order valence-electron chi connectivity index (χ3n) is 8.43. The Balaban J connectivity index is 3.85. The molecule has 3 atom stereocenters. The van der Waals surface area contributed by atoms with Crippen LogP contribution < -0.4 is 5.32 Å². The van der Waals surface area contributed by atoms with Crippen molar-refractivity contribution >= 4 is 25.7 Å². The van der Waals surface area contributed by atoms with Crippen LogP contribution in [-0.2, 0) is 32.7 Å². The summed E-state index contributed by atoms with van der Waals surface area (Å²) < 4.78 is 26.7. The number of hydrogen-bond acceptors (Lipinski definition) is 8. The van der Waals surface area contributed by atoms with E-state index in [1.54, 1.807) is 0 Å². The van der Waals surface area contributed by atoms with Gasteiger partial charge in [-0.3, -0.25) is 18.6 Å². The highest BCUT2D eigenvalue weighted by molar-refractivity contribution is 7.47. The number of carbonyl (C=O) groups is 3. The zero-order valence-corrected chi connectivity index (χ0v) is 33.3. The number of esters is 1. The molecule has 0 aromatic rings. The number of hydrogen-bond donors (Lipinski definition) is 4. The highest BCUT2D eigenvalue weighted by Gasteiger charge is 2.28. The number of allylic oxidation sites excluding steroid dienone is 6. The standard InChI is InChI=1S/C40H72NO10P/c1-3-5-7-9-11-12-13-14-15-16-17-18-19-20-21-22-23-24-26-28-30-32-39(44)49-33-36(42)34-50-52(47,48)51-35-37(40(45)46)41-38(43)31-29-27-25-10-8-6-4-2/h11-12,14-15,17-18,36-37,42H,3-10,13,16,19-35H2,1-2H3,(H,41,43)(H,45,46)(H,47,48)/b12-11-,15-14-,18-17-. The first kappa shape index (κ1) is 49.7. The van der Waals surface area contributed by atoms with Gasteiger partial charge in [0.05, 0.1) is 13.2 Å². The molecule has 0 heterocycles. The number of amides is 1. The Labute approximate surface area is 314 Å². The number of carbonyl (C=O) groups excluding carboxylic acids is 2. The molecule has 0 bridgehead atoms. The zero-order chi connectivity index (χ0) is 38.5. The van der Waals surface area contributed by atoms with Gasteiger partial charge in [0, 0.05) is 12.8 Å². The molecule has 0 saturated heterocycles. The smallest absolute Gasteiger partial charge is 0.472 e. The number of nitrogens with one attached hydrogen (secondary N) is 1. The summed E-state index contributed by atoms with van der Waals surface area (Å²) in [4.78, 5) is 45.5. The van der Waals surface area contributed by atoms with E-state index >= 15 is 0 Å². The molecule has 11 nitrogen and oxygen atoms in total. The molecule has 0 aromatic carbocycles. The Kier molecular flexibility index (Phi) is 34.1. The number of phosphoric acid groups is 1. The van der Waals surface area contributed by atoms with Crippen molar-refractivity contribution in [3.8, 4) is 0 Å². The van der Waals surface area contributed by atoms with Crippen molar-refractivity contribution < 1.29 is 47.8 Å². The number of ether oxygens (including phenoxy) is 1. The largest absolute Gasteiger partial charge is 0.480 e. The molecule has 0 spiro atoms. The molecule has 0 aliphatic heterocycles. The third kappa shape index (κ3) is 34.8. The molecule has 0 aliphatic carbocycles. The lowest BCUT2D eigenvalue weighted by molar-refractivity contribution is -0.147. The first-order valence-electron chi connectivity index (χ1n) is 20.0. The Morgan fingerprint density at radius 2 is 1.06 bits per heavy atom. The first-order valence-corrected chi connectivity index (χ1v) is 21.5. The highest BCUT2D eigenvalue weighted by atomic mass is 31.2. The normalized spacial score (nSPS) is 14.2. The summed E-state index contributed by atoms with van der Waals surface area (Å²) in [5, 5.41) is 21.7. The lowest BCUT2D eigenvalue weighted by atomic mass is 10.1. The second kappa shape index (κ2) is 35.7. The highest BCUT2D eigenvalue weighted by Crippen LogP contribution is 2.43. The van der Waals surface area contributed by atoms with Crippen LogP contribution in [-0.4, -0.2) is 64.9 Å². The predicted octanol–water partition coefficient (Wildman–Crippen LogP) is 9.66. The number of phosphoric ester groups is 1. The van der Waals surface area contributed by atoms with Gasteiger partial charge in [-0.05, 0) is 51.4 Å². The predicted molar refractivity (Wildman–Crippen MR) is 208 cm³/mol. The van der Waals surface area contributed by atoms with Gasteiger partial charge in [-0.2, -0.15) is 0 Å². The third-order valence-corrected chi connectivity index (χ3v) is 9.38. The van der Waals surface area contributed by atoms with Crippen molar-refractivity contribution in [1.82, 2.24) is 5.32 Å². The average molecular weight is 758 g/mol. The van der Waals surface area contributed by atoms with Crippen molar-refractivity contribution in [1.29, 1.82) is 0 Å². The summed E-state index contributed by atoms with van der Waals surface area (Å²) in [7, 11) is -4.74. The molecule has 0 aromatic heterocycles. The van der Waals surface area contributed by atoms with Crippen molar-refractivity contribution in [2.75, 3.05) is 19.8 Å². The molecule has 4 N–H and O–H groups in total. The van der Waals surface area contributed by atoms with E-state index in [1.165, 1.54) is 57.8 Å². The van der Waals surface area contributed by atoms with Crippen molar-refractivity contribution in [2.24, 2.45) is 0 Å². The van der Waals surface area contributed by atoms with Gasteiger partial charge in [-0.15, -0.1) is 0 Å². The SMILES string of the molecule is CCCCC/C=C\C/C=C\C/C=C\CCCCCCCCCCC(=O)OCC(O)COP(=O)(O)OCC(NC(=O)CCCCCCCCC)C(=O)O. The van der Waals surface area contributed by atoms with Crippen molar-refractivity contribution in [3.63, 3.8) is 0 Å². The van der Waals surface area contributed by atoms with E-state index < -0.39 is 57.6 Å². The summed E-state index contributed by atoms with van der Waals surface area (Å²) in [6.07, 6.45) is 36.3. The number of carboxylic acids is 1. The van der Waals surface area contributed by atoms with Gasteiger partial charge in [-0.1, -0.05) is 140 Å². The Bertz CT molecular complexity index is 1030. The van der Waals surface area contributed by atoms with Crippen LogP contribution >= 0.6 is 7.82 Å². The topological polar surface area (TPSA) is 169 Å². The Morgan fingerprint density at radius 3 is 1.62 bits per heavy atom. The van der Waals surface area contributed by atoms with E-state index in [2.05, 4.69) is 55.6 Å².